The number of carbonyl (C=O) groups excluding carboxylic acids is 2. The van der Waals surface area contributed by atoms with Gasteiger partial charge >= 0.3 is 0 Å². The number of nitrogens with zero attached hydrogens (tertiary/aromatic N) is 1. The van der Waals surface area contributed by atoms with E-state index in [-0.39, 0.29) is 42.1 Å². The van der Waals surface area contributed by atoms with Crippen LogP contribution in [0.25, 0.3) is 0 Å². The summed E-state index contributed by atoms with van der Waals surface area (Å²) in [7, 11) is 0. The van der Waals surface area contributed by atoms with Crippen molar-refractivity contribution < 1.29 is 9.59 Å². The zero-order valence-corrected chi connectivity index (χ0v) is 16.0. The first-order chi connectivity index (χ1) is 11.0. The molecule has 0 radical (unpaired) electrons. The molecule has 2 unspecified atom stereocenters. The molecule has 2 heterocycles. The predicted molar refractivity (Wildman–Crippen MR) is 100 cm³/mol. The average molecular weight is 374 g/mol. The number of thiophene rings is 1. The van der Waals surface area contributed by atoms with Gasteiger partial charge in [0.2, 0.25) is 11.8 Å². The first-order valence-electron chi connectivity index (χ1n) is 8.33. The van der Waals surface area contributed by atoms with E-state index in [0.717, 1.165) is 19.3 Å². The van der Waals surface area contributed by atoms with Crippen LogP contribution in [0.1, 0.15) is 31.6 Å². The Morgan fingerprint density at radius 3 is 2.58 bits per heavy atom. The number of piperidine rings is 1. The van der Waals surface area contributed by atoms with Gasteiger partial charge in [-0.2, -0.15) is 0 Å². The number of rotatable bonds is 6. The molecular formula is C17H28ClN3O2S. The van der Waals surface area contributed by atoms with Crippen LogP contribution in [0.5, 0.6) is 0 Å². The van der Waals surface area contributed by atoms with E-state index < -0.39 is 0 Å². The van der Waals surface area contributed by atoms with Crippen LogP contribution in [0.3, 0.4) is 0 Å². The quantitative estimate of drug-likeness (QED) is 0.801. The molecule has 7 heteroatoms. The molecule has 1 aliphatic heterocycles. The second-order valence-corrected chi connectivity index (χ2v) is 7.40. The van der Waals surface area contributed by atoms with E-state index in [9.17, 15) is 9.59 Å². The first-order valence-corrected chi connectivity index (χ1v) is 9.21. The summed E-state index contributed by atoms with van der Waals surface area (Å²) in [5, 5.41) is 5.07. The molecule has 3 N–H and O–H groups in total. The number of amides is 2. The summed E-state index contributed by atoms with van der Waals surface area (Å²) in [6, 6.07) is 3.97. The maximum Gasteiger partial charge on any atom is 0.226 e. The van der Waals surface area contributed by atoms with Crippen molar-refractivity contribution in [2.45, 2.75) is 39.2 Å². The molecule has 1 aromatic heterocycles. The van der Waals surface area contributed by atoms with Crippen LogP contribution >= 0.6 is 23.7 Å². The Kier molecular flexibility index (Phi) is 8.73. The molecule has 2 atom stereocenters. The Morgan fingerprint density at radius 2 is 2.04 bits per heavy atom. The molecule has 0 aromatic carbocycles. The number of likely N-dealkylation sites (tertiary alicyclic amines) is 1. The number of hydrogen-bond donors (Lipinski definition) is 2. The maximum atomic E-state index is 12.3. The molecule has 0 spiro atoms. The normalized spacial score (nSPS) is 17.7. The fourth-order valence-corrected chi connectivity index (χ4v) is 3.49. The van der Waals surface area contributed by atoms with E-state index in [1.165, 1.54) is 4.88 Å². The molecule has 0 bridgehead atoms. The minimum atomic E-state index is -0.161. The zero-order chi connectivity index (χ0) is 16.8. The second-order valence-electron chi connectivity index (χ2n) is 6.37. The standard InChI is InChI=1S/C17H27N3O2S.ClH/c1-12(13(2)18)17(22)20-9-6-14(7-10-20)16(21)19-8-5-15-4-3-11-23-15;/h3-4,11-14H,5-10,18H2,1-2H3,(H,19,21);1H. The predicted octanol–water partition coefficient (Wildman–Crippen LogP) is 2.05. The van der Waals surface area contributed by atoms with Gasteiger partial charge in [0.15, 0.2) is 0 Å². The van der Waals surface area contributed by atoms with Crippen molar-refractivity contribution in [1.82, 2.24) is 10.2 Å². The molecule has 1 fully saturated rings. The van der Waals surface area contributed by atoms with Crippen LogP contribution in [0.15, 0.2) is 17.5 Å². The van der Waals surface area contributed by atoms with E-state index in [1.54, 1.807) is 11.3 Å². The highest BCUT2D eigenvalue weighted by molar-refractivity contribution is 7.09. The fraction of sp³-hybridized carbons (Fsp3) is 0.647. The smallest absolute Gasteiger partial charge is 0.226 e. The molecule has 0 aliphatic carbocycles. The van der Waals surface area contributed by atoms with Crippen LogP contribution in [-0.4, -0.2) is 42.4 Å². The number of carbonyl (C=O) groups is 2. The number of halogens is 1. The summed E-state index contributed by atoms with van der Waals surface area (Å²) in [6.07, 6.45) is 2.36. The Morgan fingerprint density at radius 1 is 1.38 bits per heavy atom. The van der Waals surface area contributed by atoms with E-state index in [4.69, 9.17) is 5.73 Å². The van der Waals surface area contributed by atoms with Crippen molar-refractivity contribution in [3.8, 4) is 0 Å². The van der Waals surface area contributed by atoms with Gasteiger partial charge < -0.3 is 16.0 Å². The van der Waals surface area contributed by atoms with Crippen molar-refractivity contribution in [1.29, 1.82) is 0 Å². The monoisotopic (exact) mass is 373 g/mol. The first kappa shape index (κ1) is 20.9. The largest absolute Gasteiger partial charge is 0.355 e. The molecule has 2 rings (SSSR count). The average Bonchev–Trinajstić information content (AvgIpc) is 3.06. The van der Waals surface area contributed by atoms with Gasteiger partial charge in [-0.15, -0.1) is 23.7 Å². The second kappa shape index (κ2) is 10.0. The van der Waals surface area contributed by atoms with Crippen molar-refractivity contribution in [2.75, 3.05) is 19.6 Å². The Hall–Kier alpha value is -1.11. The van der Waals surface area contributed by atoms with Gasteiger partial charge in [0.1, 0.15) is 0 Å². The van der Waals surface area contributed by atoms with E-state index in [0.29, 0.717) is 19.6 Å². The highest BCUT2D eigenvalue weighted by atomic mass is 35.5. The van der Waals surface area contributed by atoms with Crippen molar-refractivity contribution >= 4 is 35.6 Å². The number of nitrogens with one attached hydrogen (secondary N) is 1. The van der Waals surface area contributed by atoms with Crippen molar-refractivity contribution in [2.24, 2.45) is 17.6 Å². The van der Waals surface area contributed by atoms with Gasteiger partial charge in [-0.05, 0) is 37.6 Å². The highest BCUT2D eigenvalue weighted by Crippen LogP contribution is 2.19. The van der Waals surface area contributed by atoms with Crippen LogP contribution in [0, 0.1) is 11.8 Å². The molecule has 24 heavy (non-hydrogen) atoms. The van der Waals surface area contributed by atoms with Gasteiger partial charge in [-0.25, -0.2) is 0 Å². The van der Waals surface area contributed by atoms with Crippen LogP contribution in [0.2, 0.25) is 0 Å². The summed E-state index contributed by atoms with van der Waals surface area (Å²) in [4.78, 5) is 27.6. The van der Waals surface area contributed by atoms with Crippen LogP contribution < -0.4 is 11.1 Å². The maximum absolute atomic E-state index is 12.3. The number of nitrogens with two attached hydrogens (primary N) is 1. The number of hydrogen-bond acceptors (Lipinski definition) is 4. The summed E-state index contributed by atoms with van der Waals surface area (Å²) < 4.78 is 0. The molecule has 1 aromatic rings. The lowest BCUT2D eigenvalue weighted by Crippen LogP contribution is -2.47. The lowest BCUT2D eigenvalue weighted by molar-refractivity contribution is -0.139. The molecule has 5 nitrogen and oxygen atoms in total. The van der Waals surface area contributed by atoms with E-state index >= 15 is 0 Å². The molecule has 1 saturated heterocycles. The van der Waals surface area contributed by atoms with Gasteiger partial charge in [-0.1, -0.05) is 13.0 Å². The lowest BCUT2D eigenvalue weighted by atomic mass is 9.94. The van der Waals surface area contributed by atoms with E-state index in [1.807, 2.05) is 30.2 Å². The summed E-state index contributed by atoms with van der Waals surface area (Å²) in [5.74, 6) is 0.0876. The van der Waals surface area contributed by atoms with Gasteiger partial charge in [0.25, 0.3) is 0 Å². The summed E-state index contributed by atoms with van der Waals surface area (Å²) in [6.45, 7) is 5.71. The van der Waals surface area contributed by atoms with Crippen LogP contribution in [-0.2, 0) is 16.0 Å². The summed E-state index contributed by atoms with van der Waals surface area (Å²) >= 11 is 1.71. The van der Waals surface area contributed by atoms with Gasteiger partial charge in [0, 0.05) is 36.5 Å². The fourth-order valence-electron chi connectivity index (χ4n) is 2.78. The van der Waals surface area contributed by atoms with Crippen molar-refractivity contribution in [3.63, 3.8) is 0 Å². The molecule has 0 saturated carbocycles. The molecule has 1 aliphatic rings. The molecule has 2 amide bonds. The van der Waals surface area contributed by atoms with Gasteiger partial charge in [-0.3, -0.25) is 9.59 Å². The lowest BCUT2D eigenvalue weighted by Gasteiger charge is -2.33. The SMILES string of the molecule is CC(N)C(C)C(=O)N1CCC(C(=O)NCCc2cccs2)CC1.Cl. The minimum Gasteiger partial charge on any atom is -0.355 e. The van der Waals surface area contributed by atoms with Gasteiger partial charge in [0.05, 0.1) is 5.92 Å². The Balaban J connectivity index is 0.00000288. The molecule has 136 valence electrons. The molecular weight excluding hydrogens is 346 g/mol. The van der Waals surface area contributed by atoms with Crippen molar-refractivity contribution in [3.05, 3.63) is 22.4 Å². The Bertz CT molecular complexity index is 514. The summed E-state index contributed by atoms with van der Waals surface area (Å²) in [5.41, 5.74) is 5.80. The third-order valence-corrected chi connectivity index (χ3v) is 5.54. The topological polar surface area (TPSA) is 75.4 Å². The highest BCUT2D eigenvalue weighted by Gasteiger charge is 2.30. The third kappa shape index (κ3) is 5.76. The third-order valence-electron chi connectivity index (χ3n) is 4.61. The van der Waals surface area contributed by atoms with Crippen LogP contribution in [0.4, 0.5) is 0 Å². The zero-order valence-electron chi connectivity index (χ0n) is 14.4. The Labute approximate surface area is 154 Å². The minimum absolute atomic E-state index is 0. The van der Waals surface area contributed by atoms with E-state index in [2.05, 4.69) is 11.4 Å².